The number of benzene rings is 2. The number of fused-ring (bicyclic) bond motifs is 1. The van der Waals surface area contributed by atoms with Crippen molar-refractivity contribution in [1.29, 1.82) is 0 Å². The molecule has 0 aliphatic carbocycles. The zero-order chi connectivity index (χ0) is 29.0. The first-order valence-electron chi connectivity index (χ1n) is 13.2. The van der Waals surface area contributed by atoms with Crippen LogP contribution in [0.4, 0.5) is 18.9 Å². The van der Waals surface area contributed by atoms with Gasteiger partial charge in [-0.25, -0.2) is 0 Å². The standard InChI is InChI=1S/C30H33F3N4O2S/c1-5-37(6-2)13-12-34-29(39)27-18(3)26(35-19(27)4)16-24-23-15-22(10-11-25(23)36-28(24)38)40-17-20-8-7-9-21(14-20)30(31,32)33/h7-11,14-16,35H,5-6,12-13,17H2,1-4H3,(H,34,39)(H,36,38)/b24-16-. The quantitative estimate of drug-likeness (QED) is 0.192. The van der Waals surface area contributed by atoms with Crippen molar-refractivity contribution < 1.29 is 22.8 Å². The number of carbonyl (C=O) groups excluding carboxylic acids is 2. The van der Waals surface area contributed by atoms with E-state index in [1.807, 2.05) is 26.0 Å². The molecular formula is C30H33F3N4O2S. The molecule has 0 spiro atoms. The van der Waals surface area contributed by atoms with Gasteiger partial charge in [-0.3, -0.25) is 9.59 Å². The molecule has 3 N–H and O–H groups in total. The first-order chi connectivity index (χ1) is 19.0. The van der Waals surface area contributed by atoms with Crippen LogP contribution in [0.2, 0.25) is 0 Å². The number of halogens is 3. The summed E-state index contributed by atoms with van der Waals surface area (Å²) >= 11 is 1.40. The van der Waals surface area contributed by atoms with Crippen LogP contribution < -0.4 is 10.6 Å². The number of H-pyrrole nitrogens is 1. The summed E-state index contributed by atoms with van der Waals surface area (Å²) in [6.07, 6.45) is -2.64. The summed E-state index contributed by atoms with van der Waals surface area (Å²) in [5.74, 6) is -0.0651. The predicted octanol–water partition coefficient (Wildman–Crippen LogP) is 6.51. The predicted molar refractivity (Wildman–Crippen MR) is 154 cm³/mol. The van der Waals surface area contributed by atoms with Crippen molar-refractivity contribution in [3.63, 3.8) is 0 Å². The molecule has 1 aromatic heterocycles. The van der Waals surface area contributed by atoms with Crippen molar-refractivity contribution in [3.05, 3.63) is 81.7 Å². The Hall–Kier alpha value is -3.50. The normalized spacial score (nSPS) is 14.1. The van der Waals surface area contributed by atoms with E-state index < -0.39 is 11.7 Å². The molecule has 10 heteroatoms. The number of thioether (sulfide) groups is 1. The van der Waals surface area contributed by atoms with E-state index in [4.69, 9.17) is 0 Å². The van der Waals surface area contributed by atoms with Crippen molar-refractivity contribution in [2.45, 2.75) is 44.5 Å². The van der Waals surface area contributed by atoms with E-state index in [2.05, 4.69) is 34.4 Å². The molecule has 0 fully saturated rings. The van der Waals surface area contributed by atoms with E-state index in [1.54, 1.807) is 18.2 Å². The number of rotatable bonds is 10. The van der Waals surface area contributed by atoms with Gasteiger partial charge in [-0.2, -0.15) is 13.2 Å². The number of aromatic amines is 1. The van der Waals surface area contributed by atoms with Gasteiger partial charge in [0.25, 0.3) is 11.8 Å². The number of nitrogens with one attached hydrogen (secondary N) is 3. The minimum absolute atomic E-state index is 0.160. The molecule has 0 saturated heterocycles. The van der Waals surface area contributed by atoms with Crippen LogP contribution in [0.3, 0.4) is 0 Å². The van der Waals surface area contributed by atoms with E-state index in [-0.39, 0.29) is 11.8 Å². The van der Waals surface area contributed by atoms with Crippen LogP contribution in [0.1, 0.15) is 57.8 Å². The van der Waals surface area contributed by atoms with Crippen molar-refractivity contribution in [2.75, 3.05) is 31.5 Å². The highest BCUT2D eigenvalue weighted by Gasteiger charge is 2.30. The third-order valence-electron chi connectivity index (χ3n) is 7.03. The lowest BCUT2D eigenvalue weighted by Crippen LogP contribution is -2.35. The number of carbonyl (C=O) groups is 2. The van der Waals surface area contributed by atoms with Gasteiger partial charge in [0, 0.05) is 46.4 Å². The Morgan fingerprint density at radius 3 is 2.55 bits per heavy atom. The third-order valence-corrected chi connectivity index (χ3v) is 8.10. The molecule has 2 aromatic carbocycles. The number of amides is 2. The highest BCUT2D eigenvalue weighted by molar-refractivity contribution is 7.98. The van der Waals surface area contributed by atoms with E-state index >= 15 is 0 Å². The van der Waals surface area contributed by atoms with Crippen LogP contribution in [0.15, 0.2) is 47.4 Å². The lowest BCUT2D eigenvalue weighted by molar-refractivity contribution is -0.137. The van der Waals surface area contributed by atoms with Gasteiger partial charge >= 0.3 is 6.18 Å². The molecule has 212 valence electrons. The number of nitrogens with zero attached hydrogens (tertiary/aromatic N) is 1. The number of anilines is 1. The van der Waals surface area contributed by atoms with Crippen LogP contribution in [0, 0.1) is 13.8 Å². The summed E-state index contributed by atoms with van der Waals surface area (Å²) in [5, 5.41) is 5.86. The Balaban J connectivity index is 1.52. The molecule has 2 amide bonds. The minimum atomic E-state index is -4.39. The Kier molecular flexibility index (Phi) is 9.10. The summed E-state index contributed by atoms with van der Waals surface area (Å²) < 4.78 is 39.2. The first kappa shape index (κ1) is 29.5. The van der Waals surface area contributed by atoms with Crippen LogP contribution in [-0.2, 0) is 16.7 Å². The molecule has 2 heterocycles. The average Bonchev–Trinajstić information content (AvgIpc) is 3.38. The van der Waals surface area contributed by atoms with Crippen molar-refractivity contribution in [2.24, 2.45) is 0 Å². The van der Waals surface area contributed by atoms with Gasteiger partial charge in [-0.1, -0.05) is 32.0 Å². The second-order valence-electron chi connectivity index (χ2n) is 9.65. The molecule has 1 aliphatic heterocycles. The SMILES string of the molecule is CCN(CC)CCNC(=O)c1c(C)[nH]c(/C=C2\C(=O)Nc3ccc(SCc4cccc(C(F)(F)F)c4)cc32)c1C. The molecular weight excluding hydrogens is 537 g/mol. The maximum Gasteiger partial charge on any atom is 0.416 e. The molecule has 40 heavy (non-hydrogen) atoms. The topological polar surface area (TPSA) is 77.2 Å². The second-order valence-corrected chi connectivity index (χ2v) is 10.7. The third kappa shape index (κ3) is 6.62. The zero-order valence-corrected chi connectivity index (χ0v) is 23.8. The molecule has 1 aliphatic rings. The van der Waals surface area contributed by atoms with E-state index in [0.717, 1.165) is 42.2 Å². The number of alkyl halides is 3. The fourth-order valence-corrected chi connectivity index (χ4v) is 5.64. The van der Waals surface area contributed by atoms with Crippen molar-refractivity contribution >= 4 is 40.9 Å². The lowest BCUT2D eigenvalue weighted by Gasteiger charge is -2.18. The van der Waals surface area contributed by atoms with Crippen LogP contribution in [0.25, 0.3) is 11.6 Å². The summed E-state index contributed by atoms with van der Waals surface area (Å²) in [6.45, 7) is 11.0. The van der Waals surface area contributed by atoms with Gasteiger partial charge in [0.1, 0.15) is 0 Å². The number of likely N-dealkylation sites (N-methyl/N-ethyl adjacent to an activating group) is 1. The second kappa shape index (κ2) is 12.3. The van der Waals surface area contributed by atoms with Gasteiger partial charge in [-0.15, -0.1) is 11.8 Å². The summed E-state index contributed by atoms with van der Waals surface area (Å²) in [7, 11) is 0. The molecule has 4 rings (SSSR count). The van der Waals surface area contributed by atoms with Gasteiger partial charge in [-0.05, 0) is 68.4 Å². The number of aromatic nitrogens is 1. The van der Waals surface area contributed by atoms with Gasteiger partial charge in [0.05, 0.1) is 16.7 Å². The van der Waals surface area contributed by atoms with Crippen LogP contribution >= 0.6 is 11.8 Å². The Morgan fingerprint density at radius 1 is 1.10 bits per heavy atom. The van der Waals surface area contributed by atoms with Crippen molar-refractivity contribution in [1.82, 2.24) is 15.2 Å². The molecule has 0 unspecified atom stereocenters. The first-order valence-corrected chi connectivity index (χ1v) is 14.2. The molecule has 0 bridgehead atoms. The Morgan fingerprint density at radius 2 is 1.85 bits per heavy atom. The molecule has 0 atom stereocenters. The highest BCUT2D eigenvalue weighted by atomic mass is 32.2. The molecule has 0 saturated carbocycles. The Bertz CT molecular complexity index is 1440. The van der Waals surface area contributed by atoms with E-state index in [9.17, 15) is 22.8 Å². The smallest absolute Gasteiger partial charge is 0.358 e. The molecule has 0 radical (unpaired) electrons. The van der Waals surface area contributed by atoms with E-state index in [1.165, 1.54) is 17.8 Å². The highest BCUT2D eigenvalue weighted by Crippen LogP contribution is 2.38. The maximum absolute atomic E-state index is 13.1. The zero-order valence-electron chi connectivity index (χ0n) is 23.0. The van der Waals surface area contributed by atoms with Gasteiger partial charge < -0.3 is 20.5 Å². The van der Waals surface area contributed by atoms with Crippen LogP contribution in [0.5, 0.6) is 0 Å². The van der Waals surface area contributed by atoms with Gasteiger partial charge in [0.2, 0.25) is 0 Å². The summed E-state index contributed by atoms with van der Waals surface area (Å²) in [5.41, 5.74) is 4.41. The van der Waals surface area contributed by atoms with Crippen LogP contribution in [-0.4, -0.2) is 47.9 Å². The maximum atomic E-state index is 13.1. The largest absolute Gasteiger partial charge is 0.416 e. The number of aryl methyl sites for hydroxylation is 1. The molecule has 6 nitrogen and oxygen atoms in total. The lowest BCUT2D eigenvalue weighted by atomic mass is 10.0. The number of hydrogen-bond acceptors (Lipinski definition) is 4. The number of hydrogen-bond donors (Lipinski definition) is 3. The summed E-state index contributed by atoms with van der Waals surface area (Å²) in [4.78, 5) is 32.1. The Labute approximate surface area is 236 Å². The fraction of sp³-hybridized carbons (Fsp3) is 0.333. The monoisotopic (exact) mass is 570 g/mol. The average molecular weight is 571 g/mol. The molecule has 3 aromatic rings. The van der Waals surface area contributed by atoms with E-state index in [0.29, 0.717) is 51.6 Å². The van der Waals surface area contributed by atoms with Gasteiger partial charge in [0.15, 0.2) is 0 Å². The summed E-state index contributed by atoms with van der Waals surface area (Å²) in [6, 6.07) is 10.8. The fourth-order valence-electron chi connectivity index (χ4n) is 4.76. The van der Waals surface area contributed by atoms with Crippen molar-refractivity contribution in [3.8, 4) is 0 Å². The minimum Gasteiger partial charge on any atom is -0.358 e.